The summed E-state index contributed by atoms with van der Waals surface area (Å²) in [5.74, 6) is 0.846. The SMILES string of the molecule is CCCCC(=O)Nc1c(-c2ccccc2)[nH]c2cccc[n+]12. The van der Waals surface area contributed by atoms with E-state index in [0.717, 1.165) is 35.6 Å². The van der Waals surface area contributed by atoms with Crippen molar-refractivity contribution in [3.05, 3.63) is 54.7 Å². The number of rotatable bonds is 5. The first-order chi connectivity index (χ1) is 10.8. The van der Waals surface area contributed by atoms with Crippen LogP contribution in [0.5, 0.6) is 0 Å². The Labute approximate surface area is 129 Å². The molecular formula is C18H20N3O+. The molecule has 4 heteroatoms. The zero-order chi connectivity index (χ0) is 15.4. The van der Waals surface area contributed by atoms with Gasteiger partial charge in [-0.3, -0.25) is 9.78 Å². The number of hydrogen-bond acceptors (Lipinski definition) is 1. The van der Waals surface area contributed by atoms with Crippen molar-refractivity contribution in [1.29, 1.82) is 0 Å². The summed E-state index contributed by atoms with van der Waals surface area (Å²) in [5.41, 5.74) is 2.93. The van der Waals surface area contributed by atoms with Crippen LogP contribution < -0.4 is 9.72 Å². The van der Waals surface area contributed by atoms with Gasteiger partial charge in [0.1, 0.15) is 0 Å². The van der Waals surface area contributed by atoms with E-state index >= 15 is 0 Å². The molecule has 3 rings (SSSR count). The molecule has 0 radical (unpaired) electrons. The highest BCUT2D eigenvalue weighted by Crippen LogP contribution is 2.24. The summed E-state index contributed by atoms with van der Waals surface area (Å²) < 4.78 is 1.98. The summed E-state index contributed by atoms with van der Waals surface area (Å²) >= 11 is 0. The lowest BCUT2D eigenvalue weighted by atomic mass is 10.1. The molecule has 3 aromatic rings. The Morgan fingerprint density at radius 3 is 2.68 bits per heavy atom. The zero-order valence-corrected chi connectivity index (χ0v) is 12.7. The molecule has 4 nitrogen and oxygen atoms in total. The van der Waals surface area contributed by atoms with Crippen molar-refractivity contribution < 1.29 is 9.20 Å². The molecule has 2 heterocycles. The van der Waals surface area contributed by atoms with Gasteiger partial charge in [-0.2, -0.15) is 0 Å². The third kappa shape index (κ3) is 2.86. The maximum Gasteiger partial charge on any atom is 0.280 e. The van der Waals surface area contributed by atoms with E-state index in [1.54, 1.807) is 0 Å². The van der Waals surface area contributed by atoms with E-state index in [4.69, 9.17) is 0 Å². The van der Waals surface area contributed by atoms with E-state index in [9.17, 15) is 4.79 Å². The molecule has 0 unspecified atom stereocenters. The molecule has 0 saturated carbocycles. The summed E-state index contributed by atoms with van der Waals surface area (Å²) in [6.45, 7) is 2.09. The Morgan fingerprint density at radius 1 is 1.14 bits per heavy atom. The van der Waals surface area contributed by atoms with Crippen molar-refractivity contribution >= 4 is 17.4 Å². The minimum Gasteiger partial charge on any atom is -0.267 e. The first kappa shape index (κ1) is 14.3. The molecule has 1 amide bonds. The monoisotopic (exact) mass is 294 g/mol. The van der Waals surface area contributed by atoms with Crippen molar-refractivity contribution in [2.24, 2.45) is 0 Å². The van der Waals surface area contributed by atoms with Crippen LogP contribution in [0, 0.1) is 0 Å². The Bertz CT molecular complexity index is 777. The van der Waals surface area contributed by atoms with Crippen LogP contribution >= 0.6 is 0 Å². The van der Waals surface area contributed by atoms with Gasteiger partial charge in [0.25, 0.3) is 11.7 Å². The maximum atomic E-state index is 12.2. The molecule has 2 aromatic heterocycles. The van der Waals surface area contributed by atoms with Gasteiger partial charge in [-0.05, 0) is 12.5 Å². The van der Waals surface area contributed by atoms with Crippen LogP contribution in [0.1, 0.15) is 26.2 Å². The van der Waals surface area contributed by atoms with Crippen LogP contribution in [0.3, 0.4) is 0 Å². The summed E-state index contributed by atoms with van der Waals surface area (Å²) in [7, 11) is 0. The molecule has 0 atom stereocenters. The third-order valence-corrected chi connectivity index (χ3v) is 3.67. The number of carbonyl (C=O) groups is 1. The lowest BCUT2D eigenvalue weighted by Gasteiger charge is -2.01. The Morgan fingerprint density at radius 2 is 1.91 bits per heavy atom. The molecule has 112 valence electrons. The number of fused-ring (bicyclic) bond motifs is 1. The lowest BCUT2D eigenvalue weighted by molar-refractivity contribution is -0.493. The highest BCUT2D eigenvalue weighted by atomic mass is 16.1. The highest BCUT2D eigenvalue weighted by Gasteiger charge is 2.21. The van der Waals surface area contributed by atoms with Crippen LogP contribution in [-0.2, 0) is 4.79 Å². The molecule has 0 aliphatic heterocycles. The van der Waals surface area contributed by atoms with Gasteiger partial charge in [-0.15, -0.1) is 0 Å². The van der Waals surface area contributed by atoms with E-state index in [2.05, 4.69) is 17.2 Å². The number of anilines is 1. The maximum absolute atomic E-state index is 12.2. The molecule has 22 heavy (non-hydrogen) atoms. The number of pyridine rings is 1. The van der Waals surface area contributed by atoms with Gasteiger partial charge in [0.2, 0.25) is 5.65 Å². The van der Waals surface area contributed by atoms with Crippen molar-refractivity contribution in [2.75, 3.05) is 5.32 Å². The van der Waals surface area contributed by atoms with Crippen LogP contribution in [0.2, 0.25) is 0 Å². The fraction of sp³-hybridized carbons (Fsp3) is 0.222. The summed E-state index contributed by atoms with van der Waals surface area (Å²) in [4.78, 5) is 15.5. The van der Waals surface area contributed by atoms with Gasteiger partial charge in [0.15, 0.2) is 5.69 Å². The number of nitrogens with zero attached hydrogens (tertiary/aromatic N) is 1. The van der Waals surface area contributed by atoms with Gasteiger partial charge < -0.3 is 0 Å². The Hall–Kier alpha value is -2.62. The second kappa shape index (κ2) is 6.43. The van der Waals surface area contributed by atoms with Crippen molar-refractivity contribution in [3.8, 4) is 11.3 Å². The summed E-state index contributed by atoms with van der Waals surface area (Å²) in [5, 5.41) is 3.06. The number of unbranched alkanes of at least 4 members (excludes halogenated alkanes) is 1. The average Bonchev–Trinajstić information content (AvgIpc) is 2.92. The van der Waals surface area contributed by atoms with E-state index < -0.39 is 0 Å². The van der Waals surface area contributed by atoms with Crippen molar-refractivity contribution in [2.45, 2.75) is 26.2 Å². The predicted molar refractivity (Wildman–Crippen MR) is 87.5 cm³/mol. The van der Waals surface area contributed by atoms with Gasteiger partial charge in [-0.1, -0.05) is 49.7 Å². The number of H-pyrrole nitrogens is 1. The molecule has 0 saturated heterocycles. The molecule has 0 aliphatic carbocycles. The number of imidazole rings is 1. The number of nitrogens with one attached hydrogen (secondary N) is 2. The minimum absolute atomic E-state index is 0.0521. The second-order valence-corrected chi connectivity index (χ2v) is 5.32. The quantitative estimate of drug-likeness (QED) is 0.695. The second-order valence-electron chi connectivity index (χ2n) is 5.32. The van der Waals surface area contributed by atoms with Gasteiger partial charge in [-0.25, -0.2) is 9.72 Å². The smallest absolute Gasteiger partial charge is 0.267 e. The third-order valence-electron chi connectivity index (χ3n) is 3.67. The van der Waals surface area contributed by atoms with Gasteiger partial charge in [0.05, 0.1) is 6.20 Å². The molecular weight excluding hydrogens is 274 g/mol. The van der Waals surface area contributed by atoms with E-state index in [-0.39, 0.29) is 5.91 Å². The summed E-state index contributed by atoms with van der Waals surface area (Å²) in [6.07, 6.45) is 4.41. The first-order valence-corrected chi connectivity index (χ1v) is 7.67. The van der Waals surface area contributed by atoms with Crippen LogP contribution in [-0.4, -0.2) is 10.9 Å². The Kier molecular flexibility index (Phi) is 4.19. The number of hydrogen-bond donors (Lipinski definition) is 2. The standard InChI is InChI=1S/C18H19N3O/c1-2-3-12-16(22)20-18-17(14-9-5-4-6-10-14)19-15-11-7-8-13-21(15)18/h4-11,13H,2-3,12H2,1H3,(H,20,22)/p+1. The van der Waals surface area contributed by atoms with Gasteiger partial charge >= 0.3 is 0 Å². The highest BCUT2D eigenvalue weighted by molar-refractivity contribution is 5.92. The number of aromatic amines is 1. The lowest BCUT2D eigenvalue weighted by Crippen LogP contribution is -2.26. The van der Waals surface area contributed by atoms with E-state index in [1.165, 1.54) is 0 Å². The number of aromatic nitrogens is 2. The molecule has 1 aromatic carbocycles. The fourth-order valence-electron chi connectivity index (χ4n) is 2.52. The molecule has 2 N–H and O–H groups in total. The molecule has 0 fully saturated rings. The topological polar surface area (TPSA) is 49.0 Å². The number of benzene rings is 1. The van der Waals surface area contributed by atoms with Crippen LogP contribution in [0.4, 0.5) is 5.82 Å². The van der Waals surface area contributed by atoms with Crippen LogP contribution in [0.25, 0.3) is 16.9 Å². The normalized spacial score (nSPS) is 10.8. The number of carbonyl (C=O) groups excluding carboxylic acids is 1. The van der Waals surface area contributed by atoms with E-state index in [1.807, 2.05) is 59.1 Å². The predicted octanol–water partition coefficient (Wildman–Crippen LogP) is 3.55. The molecule has 0 bridgehead atoms. The first-order valence-electron chi connectivity index (χ1n) is 7.67. The molecule has 0 spiro atoms. The fourth-order valence-corrected chi connectivity index (χ4v) is 2.52. The number of amides is 1. The zero-order valence-electron chi connectivity index (χ0n) is 12.7. The summed E-state index contributed by atoms with van der Waals surface area (Å²) in [6, 6.07) is 16.0. The minimum atomic E-state index is 0.0521. The Balaban J connectivity index is 2.04. The van der Waals surface area contributed by atoms with Gasteiger partial charge in [0, 0.05) is 18.1 Å². The van der Waals surface area contributed by atoms with Crippen molar-refractivity contribution in [3.63, 3.8) is 0 Å². The van der Waals surface area contributed by atoms with Crippen molar-refractivity contribution in [1.82, 2.24) is 4.98 Å². The largest absolute Gasteiger partial charge is 0.280 e. The van der Waals surface area contributed by atoms with Crippen LogP contribution in [0.15, 0.2) is 54.7 Å². The average molecular weight is 294 g/mol. The molecule has 0 aliphatic rings. The van der Waals surface area contributed by atoms with E-state index in [0.29, 0.717) is 6.42 Å².